The molecule has 1 aromatic carbocycles. The Bertz CT molecular complexity index is 980. The van der Waals surface area contributed by atoms with Crippen LogP contribution in [0.25, 0.3) is 0 Å². The SMILES string of the molecule is COc1nc2c(c(N3CC4CCC(C3)N4)n1)CCN(c1c(C)ccc(N)c1C=N)C2. The van der Waals surface area contributed by atoms with Crippen molar-refractivity contribution in [1.29, 1.82) is 5.41 Å². The van der Waals surface area contributed by atoms with Crippen LogP contribution in [-0.2, 0) is 13.0 Å². The molecule has 3 aliphatic rings. The van der Waals surface area contributed by atoms with Crippen molar-refractivity contribution >= 4 is 23.4 Å². The van der Waals surface area contributed by atoms with Crippen LogP contribution >= 0.6 is 0 Å². The molecular formula is C22H29N7O. The van der Waals surface area contributed by atoms with Gasteiger partial charge in [-0.2, -0.15) is 9.97 Å². The average Bonchev–Trinajstić information content (AvgIpc) is 3.11. The Kier molecular flexibility index (Phi) is 4.73. The number of nitrogens with one attached hydrogen (secondary N) is 2. The summed E-state index contributed by atoms with van der Waals surface area (Å²) in [6, 6.07) is 5.42. The third-order valence-electron chi connectivity index (χ3n) is 6.63. The summed E-state index contributed by atoms with van der Waals surface area (Å²) < 4.78 is 5.47. The highest BCUT2D eigenvalue weighted by Crippen LogP contribution is 2.36. The molecule has 30 heavy (non-hydrogen) atoms. The molecule has 0 spiro atoms. The van der Waals surface area contributed by atoms with Gasteiger partial charge in [0.05, 0.1) is 25.0 Å². The van der Waals surface area contributed by atoms with Gasteiger partial charge in [0.25, 0.3) is 0 Å². The maximum atomic E-state index is 7.87. The number of piperazine rings is 1. The fourth-order valence-corrected chi connectivity index (χ4v) is 5.21. The highest BCUT2D eigenvalue weighted by Gasteiger charge is 2.35. The van der Waals surface area contributed by atoms with Gasteiger partial charge in [0.2, 0.25) is 0 Å². The molecule has 4 heterocycles. The minimum atomic E-state index is 0.424. The number of hydrogen-bond donors (Lipinski definition) is 3. The summed E-state index contributed by atoms with van der Waals surface area (Å²) in [5.41, 5.74) is 11.9. The van der Waals surface area contributed by atoms with E-state index in [9.17, 15) is 0 Å². The normalized spacial score (nSPS) is 22.7. The molecule has 3 aliphatic heterocycles. The van der Waals surface area contributed by atoms with Gasteiger partial charge in [0.15, 0.2) is 0 Å². The van der Waals surface area contributed by atoms with E-state index in [4.69, 9.17) is 25.8 Å². The first kappa shape index (κ1) is 19.1. The number of fused-ring (bicyclic) bond motifs is 3. The number of aryl methyl sites for hydroxylation is 1. The molecule has 0 radical (unpaired) electrons. The van der Waals surface area contributed by atoms with Crippen LogP contribution in [0.15, 0.2) is 12.1 Å². The van der Waals surface area contributed by atoms with Crippen molar-refractivity contribution in [2.24, 2.45) is 0 Å². The zero-order valence-electron chi connectivity index (χ0n) is 17.6. The fraction of sp³-hybridized carbons (Fsp3) is 0.500. The van der Waals surface area contributed by atoms with Crippen LogP contribution in [0.5, 0.6) is 6.01 Å². The number of nitrogens with zero attached hydrogens (tertiary/aromatic N) is 4. The molecule has 2 fully saturated rings. The summed E-state index contributed by atoms with van der Waals surface area (Å²) in [4.78, 5) is 14.2. The maximum absolute atomic E-state index is 7.87. The van der Waals surface area contributed by atoms with E-state index in [1.54, 1.807) is 7.11 Å². The smallest absolute Gasteiger partial charge is 0.318 e. The Morgan fingerprint density at radius 2 is 1.97 bits per heavy atom. The molecule has 0 aliphatic carbocycles. The lowest BCUT2D eigenvalue weighted by Crippen LogP contribution is -2.52. The third kappa shape index (κ3) is 3.15. The first-order valence-corrected chi connectivity index (χ1v) is 10.7. The minimum absolute atomic E-state index is 0.424. The molecule has 2 saturated heterocycles. The van der Waals surface area contributed by atoms with Crippen LogP contribution in [0, 0.1) is 12.3 Å². The van der Waals surface area contributed by atoms with Crippen molar-refractivity contribution in [3.63, 3.8) is 0 Å². The van der Waals surface area contributed by atoms with Crippen LogP contribution in [0.2, 0.25) is 0 Å². The second kappa shape index (κ2) is 7.43. The largest absolute Gasteiger partial charge is 0.467 e. The minimum Gasteiger partial charge on any atom is -0.467 e. The Balaban J connectivity index is 1.52. The molecule has 158 valence electrons. The van der Waals surface area contributed by atoms with E-state index < -0.39 is 0 Å². The molecule has 2 atom stereocenters. The Hall–Kier alpha value is -2.87. The highest BCUT2D eigenvalue weighted by atomic mass is 16.5. The number of rotatable bonds is 4. The Morgan fingerprint density at radius 3 is 2.67 bits per heavy atom. The van der Waals surface area contributed by atoms with Gasteiger partial charge < -0.3 is 31.0 Å². The Morgan fingerprint density at radius 1 is 1.20 bits per heavy atom. The van der Waals surface area contributed by atoms with E-state index in [1.165, 1.54) is 24.6 Å². The van der Waals surface area contributed by atoms with Gasteiger partial charge in [-0.25, -0.2) is 0 Å². The lowest BCUT2D eigenvalue weighted by molar-refractivity contribution is 0.374. The van der Waals surface area contributed by atoms with Crippen LogP contribution < -0.4 is 25.6 Å². The summed E-state index contributed by atoms with van der Waals surface area (Å²) in [6.45, 7) is 5.54. The number of nitrogen functional groups attached to an aromatic ring is 1. The van der Waals surface area contributed by atoms with Crippen molar-refractivity contribution in [2.75, 3.05) is 42.3 Å². The molecule has 2 aromatic rings. The van der Waals surface area contributed by atoms with Crippen LogP contribution in [0.3, 0.4) is 0 Å². The third-order valence-corrected chi connectivity index (χ3v) is 6.63. The van der Waals surface area contributed by atoms with Gasteiger partial charge >= 0.3 is 6.01 Å². The van der Waals surface area contributed by atoms with E-state index in [-0.39, 0.29) is 0 Å². The Labute approximate surface area is 176 Å². The predicted octanol–water partition coefficient (Wildman–Crippen LogP) is 1.88. The lowest BCUT2D eigenvalue weighted by Gasteiger charge is -2.38. The quantitative estimate of drug-likeness (QED) is 0.525. The van der Waals surface area contributed by atoms with Gasteiger partial charge in [-0.05, 0) is 37.8 Å². The number of ether oxygens (including phenoxy) is 1. The lowest BCUT2D eigenvalue weighted by atomic mass is 10.00. The summed E-state index contributed by atoms with van der Waals surface area (Å²) in [5, 5.41) is 11.6. The molecule has 2 bridgehead atoms. The topological polar surface area (TPSA) is 103 Å². The number of anilines is 3. The summed E-state index contributed by atoms with van der Waals surface area (Å²) in [6.07, 6.45) is 4.69. The molecule has 8 nitrogen and oxygen atoms in total. The zero-order valence-corrected chi connectivity index (χ0v) is 17.6. The molecular weight excluding hydrogens is 378 g/mol. The summed E-state index contributed by atoms with van der Waals surface area (Å²) in [7, 11) is 1.63. The van der Waals surface area contributed by atoms with E-state index >= 15 is 0 Å². The summed E-state index contributed by atoms with van der Waals surface area (Å²) >= 11 is 0. The average molecular weight is 408 g/mol. The van der Waals surface area contributed by atoms with Crippen LogP contribution in [0.4, 0.5) is 17.2 Å². The monoisotopic (exact) mass is 407 g/mol. The molecule has 2 unspecified atom stereocenters. The van der Waals surface area contributed by atoms with E-state index in [0.29, 0.717) is 30.3 Å². The second-order valence-corrected chi connectivity index (χ2v) is 8.55. The standard InChI is InChI=1S/C22H29N7O/c1-13-3-6-18(24)17(9-23)20(13)28-8-7-16-19(12-28)26-22(30-2)27-21(16)29-10-14-4-5-15(11-29)25-14/h3,6,9,14-15,23,25H,4-5,7-8,10-12,24H2,1-2H3. The number of aromatic nitrogens is 2. The maximum Gasteiger partial charge on any atom is 0.318 e. The van der Waals surface area contributed by atoms with Gasteiger partial charge in [0, 0.05) is 54.7 Å². The van der Waals surface area contributed by atoms with Crippen molar-refractivity contribution in [2.45, 2.75) is 44.8 Å². The highest BCUT2D eigenvalue weighted by molar-refractivity contribution is 5.94. The van der Waals surface area contributed by atoms with Crippen LogP contribution in [0.1, 0.15) is 35.2 Å². The second-order valence-electron chi connectivity index (χ2n) is 8.55. The first-order chi connectivity index (χ1) is 14.6. The number of nitrogens with two attached hydrogens (primary N) is 1. The molecule has 8 heteroatoms. The molecule has 0 saturated carbocycles. The van der Waals surface area contributed by atoms with Crippen molar-refractivity contribution < 1.29 is 4.74 Å². The number of methoxy groups -OCH3 is 1. The molecule has 1 aromatic heterocycles. The van der Waals surface area contributed by atoms with E-state index in [2.05, 4.69) is 22.0 Å². The molecule has 4 N–H and O–H groups in total. The number of benzene rings is 1. The molecule has 5 rings (SSSR count). The van der Waals surface area contributed by atoms with E-state index in [0.717, 1.165) is 54.4 Å². The van der Waals surface area contributed by atoms with Crippen molar-refractivity contribution in [3.05, 3.63) is 34.5 Å². The van der Waals surface area contributed by atoms with Gasteiger partial charge in [-0.1, -0.05) is 6.07 Å². The van der Waals surface area contributed by atoms with Crippen LogP contribution in [-0.4, -0.2) is 55.0 Å². The zero-order chi connectivity index (χ0) is 20.8. The fourth-order valence-electron chi connectivity index (χ4n) is 5.21. The van der Waals surface area contributed by atoms with Crippen molar-refractivity contribution in [1.82, 2.24) is 15.3 Å². The van der Waals surface area contributed by atoms with Gasteiger partial charge in [0.1, 0.15) is 5.82 Å². The van der Waals surface area contributed by atoms with Gasteiger partial charge in [-0.3, -0.25) is 0 Å². The number of hydrogen-bond acceptors (Lipinski definition) is 8. The van der Waals surface area contributed by atoms with Gasteiger partial charge in [-0.15, -0.1) is 0 Å². The first-order valence-electron chi connectivity index (χ1n) is 10.7. The van der Waals surface area contributed by atoms with E-state index in [1.807, 2.05) is 12.1 Å². The molecule has 0 amide bonds. The summed E-state index contributed by atoms with van der Waals surface area (Å²) in [5.74, 6) is 1.03. The predicted molar refractivity (Wildman–Crippen MR) is 119 cm³/mol. The van der Waals surface area contributed by atoms with Crippen molar-refractivity contribution in [3.8, 4) is 6.01 Å².